The highest BCUT2D eigenvalue weighted by Gasteiger charge is 2.20. The van der Waals surface area contributed by atoms with Crippen molar-refractivity contribution >= 4 is 45.7 Å². The van der Waals surface area contributed by atoms with Crippen LogP contribution in [0.5, 0.6) is 0 Å². The van der Waals surface area contributed by atoms with Gasteiger partial charge in [0, 0.05) is 16.0 Å². The monoisotopic (exact) mass is 381 g/mol. The third-order valence-electron chi connectivity index (χ3n) is 4.33. The Morgan fingerprint density at radius 2 is 1.92 bits per heavy atom. The quantitative estimate of drug-likeness (QED) is 0.359. The van der Waals surface area contributed by atoms with Crippen molar-refractivity contribution < 1.29 is 4.79 Å². The van der Waals surface area contributed by atoms with Crippen LogP contribution in [-0.2, 0) is 0 Å². The van der Waals surface area contributed by atoms with E-state index in [0.29, 0.717) is 15.7 Å². The zero-order valence-electron chi connectivity index (χ0n) is 14.3. The average Bonchev–Trinajstić information content (AvgIpc) is 3.04. The molecule has 4 rings (SSSR count). The van der Waals surface area contributed by atoms with Gasteiger partial charge in [-0.3, -0.25) is 9.20 Å². The first kappa shape index (κ1) is 17.1. The summed E-state index contributed by atoms with van der Waals surface area (Å²) in [6.07, 6.45) is 0. The van der Waals surface area contributed by atoms with Crippen LogP contribution in [0.1, 0.15) is 22.8 Å². The Bertz CT molecular complexity index is 1140. The summed E-state index contributed by atoms with van der Waals surface area (Å²) in [7, 11) is 0. The topological polar surface area (TPSA) is 47.3 Å². The molecule has 2 heterocycles. The first-order valence-corrected chi connectivity index (χ1v) is 9.50. The molecule has 0 saturated carbocycles. The normalized spacial score (nSPS) is 12.6. The maximum Gasteiger partial charge on any atom is 0.196 e. The lowest BCUT2D eigenvalue weighted by Crippen LogP contribution is -2.14. The summed E-state index contributed by atoms with van der Waals surface area (Å²) in [4.78, 5) is 12.7. The van der Waals surface area contributed by atoms with Crippen LogP contribution in [0.2, 0.25) is 5.02 Å². The minimum absolute atomic E-state index is 0.0191. The number of fused-ring (bicyclic) bond motifs is 3. The fourth-order valence-electron chi connectivity index (χ4n) is 3.04. The van der Waals surface area contributed by atoms with Gasteiger partial charge in [0.25, 0.3) is 0 Å². The minimum atomic E-state index is -0.305. The molecular formula is C20H16ClN3OS. The number of aromatic nitrogens is 3. The molecule has 26 heavy (non-hydrogen) atoms. The number of nitrogens with zero attached hydrogens (tertiary/aromatic N) is 3. The Morgan fingerprint density at radius 1 is 1.12 bits per heavy atom. The van der Waals surface area contributed by atoms with Crippen LogP contribution in [0.25, 0.3) is 16.6 Å². The van der Waals surface area contributed by atoms with Crippen LogP contribution < -0.4 is 0 Å². The zero-order valence-corrected chi connectivity index (χ0v) is 15.9. The Hall–Kier alpha value is -2.37. The number of Topliss-reactive ketones (excluding diaryl/α,β-unsaturated/α-hetero) is 1. The van der Waals surface area contributed by atoms with Crippen molar-refractivity contribution in [3.63, 3.8) is 0 Å². The zero-order chi connectivity index (χ0) is 18.3. The molecule has 0 amide bonds. The number of hydrogen-bond donors (Lipinski definition) is 0. The first-order valence-electron chi connectivity index (χ1n) is 8.24. The summed E-state index contributed by atoms with van der Waals surface area (Å²) in [5.41, 5.74) is 3.58. The second kappa shape index (κ2) is 6.74. The predicted molar refractivity (Wildman–Crippen MR) is 106 cm³/mol. The molecule has 0 aliphatic carbocycles. The number of rotatable bonds is 4. The number of hydrogen-bond acceptors (Lipinski definition) is 4. The minimum Gasteiger partial charge on any atom is -0.293 e. The Morgan fingerprint density at radius 3 is 2.73 bits per heavy atom. The SMILES string of the molecule is Cc1cc2nnc(SC(C)C(=O)c3cccc(Cl)c3)n2c2ccccc12. The lowest BCUT2D eigenvalue weighted by Gasteiger charge is -2.11. The van der Waals surface area contributed by atoms with E-state index in [1.54, 1.807) is 24.3 Å². The van der Waals surface area contributed by atoms with E-state index < -0.39 is 0 Å². The molecule has 0 aliphatic rings. The fraction of sp³-hybridized carbons (Fsp3) is 0.150. The number of pyridine rings is 1. The van der Waals surface area contributed by atoms with E-state index in [9.17, 15) is 4.79 Å². The third-order valence-corrected chi connectivity index (χ3v) is 5.61. The maximum atomic E-state index is 12.7. The van der Waals surface area contributed by atoms with Gasteiger partial charge in [-0.05, 0) is 43.7 Å². The molecule has 1 atom stereocenters. The summed E-state index contributed by atoms with van der Waals surface area (Å²) < 4.78 is 2.01. The van der Waals surface area contributed by atoms with Crippen molar-refractivity contribution in [2.24, 2.45) is 0 Å². The van der Waals surface area contributed by atoms with Crippen LogP contribution in [0, 0.1) is 6.92 Å². The molecule has 130 valence electrons. The van der Waals surface area contributed by atoms with Crippen LogP contribution in [-0.4, -0.2) is 25.6 Å². The van der Waals surface area contributed by atoms with E-state index in [0.717, 1.165) is 22.1 Å². The van der Waals surface area contributed by atoms with E-state index >= 15 is 0 Å². The predicted octanol–water partition coefficient (Wildman–Crippen LogP) is 5.21. The summed E-state index contributed by atoms with van der Waals surface area (Å²) in [6, 6.07) is 17.2. The molecule has 0 aliphatic heterocycles. The van der Waals surface area contributed by atoms with Gasteiger partial charge < -0.3 is 0 Å². The second-order valence-electron chi connectivity index (χ2n) is 6.16. The number of aryl methyl sites for hydroxylation is 1. The van der Waals surface area contributed by atoms with Gasteiger partial charge in [0.15, 0.2) is 16.6 Å². The highest BCUT2D eigenvalue weighted by molar-refractivity contribution is 8.00. The largest absolute Gasteiger partial charge is 0.293 e. The second-order valence-corrected chi connectivity index (χ2v) is 7.90. The molecule has 2 aromatic heterocycles. The number of thioether (sulfide) groups is 1. The summed E-state index contributed by atoms with van der Waals surface area (Å²) in [6.45, 7) is 3.94. The highest BCUT2D eigenvalue weighted by Crippen LogP contribution is 2.29. The van der Waals surface area contributed by atoms with Crippen molar-refractivity contribution in [1.82, 2.24) is 14.6 Å². The van der Waals surface area contributed by atoms with Crippen LogP contribution >= 0.6 is 23.4 Å². The highest BCUT2D eigenvalue weighted by atomic mass is 35.5. The van der Waals surface area contributed by atoms with E-state index in [1.807, 2.05) is 35.6 Å². The molecule has 0 spiro atoms. The average molecular weight is 382 g/mol. The molecule has 6 heteroatoms. The van der Waals surface area contributed by atoms with Crippen molar-refractivity contribution in [2.45, 2.75) is 24.3 Å². The van der Waals surface area contributed by atoms with Crippen molar-refractivity contribution in [2.75, 3.05) is 0 Å². The van der Waals surface area contributed by atoms with Gasteiger partial charge in [0.1, 0.15) is 0 Å². The van der Waals surface area contributed by atoms with Crippen LogP contribution in [0.4, 0.5) is 0 Å². The van der Waals surface area contributed by atoms with Gasteiger partial charge in [-0.2, -0.15) is 0 Å². The number of para-hydroxylation sites is 1. The number of ketones is 1. The van der Waals surface area contributed by atoms with Crippen LogP contribution in [0.15, 0.2) is 59.8 Å². The molecule has 1 unspecified atom stereocenters. The molecule has 0 fully saturated rings. The molecule has 0 bridgehead atoms. The van der Waals surface area contributed by atoms with Gasteiger partial charge >= 0.3 is 0 Å². The Labute approximate surface area is 160 Å². The molecule has 4 aromatic rings. The van der Waals surface area contributed by atoms with Gasteiger partial charge in [0.05, 0.1) is 10.8 Å². The number of carbonyl (C=O) groups excluding carboxylic acids is 1. The standard InChI is InChI=1S/C20H16ClN3OS/c1-12-10-18-22-23-20(24(18)17-9-4-3-8-16(12)17)26-13(2)19(25)14-6-5-7-15(21)11-14/h3-11,13H,1-2H3. The van der Waals surface area contributed by atoms with E-state index in [1.165, 1.54) is 11.8 Å². The van der Waals surface area contributed by atoms with Gasteiger partial charge in [-0.15, -0.1) is 10.2 Å². The van der Waals surface area contributed by atoms with Crippen molar-refractivity contribution in [1.29, 1.82) is 0 Å². The number of benzene rings is 2. The summed E-state index contributed by atoms with van der Waals surface area (Å²) in [5.74, 6) is 0.0191. The lowest BCUT2D eigenvalue weighted by atomic mass is 10.1. The molecule has 0 saturated heterocycles. The molecule has 0 radical (unpaired) electrons. The summed E-state index contributed by atoms with van der Waals surface area (Å²) in [5, 5.41) is 10.7. The number of carbonyl (C=O) groups is 1. The Kier molecular flexibility index (Phi) is 4.42. The van der Waals surface area contributed by atoms with Crippen molar-refractivity contribution in [3.05, 3.63) is 70.7 Å². The van der Waals surface area contributed by atoms with E-state index in [-0.39, 0.29) is 11.0 Å². The summed E-state index contributed by atoms with van der Waals surface area (Å²) >= 11 is 7.42. The Balaban J connectivity index is 1.73. The lowest BCUT2D eigenvalue weighted by molar-refractivity contribution is 0.0994. The maximum absolute atomic E-state index is 12.7. The molecule has 2 aromatic carbocycles. The molecule has 0 N–H and O–H groups in total. The van der Waals surface area contributed by atoms with Gasteiger partial charge in [0.2, 0.25) is 0 Å². The molecular weight excluding hydrogens is 366 g/mol. The van der Waals surface area contributed by atoms with E-state index in [2.05, 4.69) is 23.2 Å². The van der Waals surface area contributed by atoms with Crippen molar-refractivity contribution in [3.8, 4) is 0 Å². The van der Waals surface area contributed by atoms with Crippen LogP contribution in [0.3, 0.4) is 0 Å². The number of halogens is 1. The smallest absolute Gasteiger partial charge is 0.196 e. The van der Waals surface area contributed by atoms with Gasteiger partial charge in [-0.1, -0.05) is 53.7 Å². The van der Waals surface area contributed by atoms with E-state index in [4.69, 9.17) is 11.6 Å². The fourth-order valence-corrected chi connectivity index (χ4v) is 4.17. The van der Waals surface area contributed by atoms with Gasteiger partial charge in [-0.25, -0.2) is 0 Å². The first-order chi connectivity index (χ1) is 12.5. The third kappa shape index (κ3) is 2.97. The molecule has 4 nitrogen and oxygen atoms in total.